The van der Waals surface area contributed by atoms with Gasteiger partial charge in [-0.3, -0.25) is 9.79 Å². The van der Waals surface area contributed by atoms with Crippen LogP contribution in [-0.2, 0) is 16.8 Å². The number of anilines is 1. The summed E-state index contributed by atoms with van der Waals surface area (Å²) in [6.45, 7) is 1.45. The van der Waals surface area contributed by atoms with E-state index in [1.807, 2.05) is 35.4 Å². The summed E-state index contributed by atoms with van der Waals surface area (Å²) in [6, 6.07) is 18.4. The monoisotopic (exact) mass is 290 g/mol. The topological polar surface area (TPSA) is 32.7 Å². The van der Waals surface area contributed by atoms with Crippen molar-refractivity contribution in [1.82, 2.24) is 0 Å². The van der Waals surface area contributed by atoms with Gasteiger partial charge in [-0.15, -0.1) is 0 Å². The number of hydrogen-bond donors (Lipinski definition) is 0. The number of rotatable bonds is 2. The Kier molecular flexibility index (Phi) is 3.07. The van der Waals surface area contributed by atoms with Crippen LogP contribution in [0.5, 0.6) is 0 Å². The van der Waals surface area contributed by atoms with Gasteiger partial charge in [-0.25, -0.2) is 0 Å². The minimum absolute atomic E-state index is 0.180. The van der Waals surface area contributed by atoms with Crippen LogP contribution in [-0.4, -0.2) is 18.7 Å². The number of hydrogen-bond acceptors (Lipinski definition) is 2. The molecule has 2 aromatic rings. The minimum Gasteiger partial charge on any atom is -0.308 e. The van der Waals surface area contributed by atoms with Gasteiger partial charge in [-0.05, 0) is 23.6 Å². The largest absolute Gasteiger partial charge is 0.308 e. The second kappa shape index (κ2) is 5.09. The van der Waals surface area contributed by atoms with Gasteiger partial charge in [0.2, 0.25) is 5.91 Å². The van der Waals surface area contributed by atoms with Gasteiger partial charge in [0.15, 0.2) is 0 Å². The van der Waals surface area contributed by atoms with E-state index in [-0.39, 0.29) is 11.3 Å². The van der Waals surface area contributed by atoms with E-state index in [0.717, 1.165) is 24.2 Å². The lowest BCUT2D eigenvalue weighted by molar-refractivity contribution is -0.119. The van der Waals surface area contributed by atoms with Crippen LogP contribution in [0.3, 0.4) is 0 Å². The van der Waals surface area contributed by atoms with Crippen molar-refractivity contribution in [3.8, 4) is 0 Å². The number of amides is 1. The van der Waals surface area contributed by atoms with Crippen molar-refractivity contribution >= 4 is 17.8 Å². The highest BCUT2D eigenvalue weighted by Gasteiger charge is 2.43. The lowest BCUT2D eigenvalue weighted by Gasteiger charge is -2.39. The maximum Gasteiger partial charge on any atom is 0.228 e. The summed E-state index contributed by atoms with van der Waals surface area (Å²) >= 11 is 0. The minimum atomic E-state index is -0.180. The molecule has 0 fully saturated rings. The molecule has 110 valence electrons. The zero-order valence-electron chi connectivity index (χ0n) is 12.4. The molecule has 2 heterocycles. The smallest absolute Gasteiger partial charge is 0.228 e. The van der Waals surface area contributed by atoms with Gasteiger partial charge in [0.1, 0.15) is 0 Å². The van der Waals surface area contributed by atoms with E-state index in [0.29, 0.717) is 13.0 Å². The summed E-state index contributed by atoms with van der Waals surface area (Å²) in [5, 5.41) is 0. The highest BCUT2D eigenvalue weighted by molar-refractivity contribution is 6.02. The van der Waals surface area contributed by atoms with E-state index < -0.39 is 0 Å². The molecule has 2 aromatic carbocycles. The van der Waals surface area contributed by atoms with Crippen molar-refractivity contribution in [2.24, 2.45) is 4.99 Å². The Balaban J connectivity index is 1.77. The lowest BCUT2D eigenvalue weighted by atomic mass is 9.73. The quantitative estimate of drug-likeness (QED) is 0.835. The Hall–Kier alpha value is -2.42. The molecule has 2 aliphatic heterocycles. The number of aliphatic imine (C=N–C) groups is 1. The van der Waals surface area contributed by atoms with Crippen LogP contribution in [0.2, 0.25) is 0 Å². The highest BCUT2D eigenvalue weighted by Crippen LogP contribution is 2.44. The molecule has 0 saturated carbocycles. The van der Waals surface area contributed by atoms with Crippen molar-refractivity contribution in [2.45, 2.75) is 24.8 Å². The Morgan fingerprint density at radius 3 is 2.59 bits per heavy atom. The molecule has 1 atom stereocenters. The van der Waals surface area contributed by atoms with Gasteiger partial charge < -0.3 is 4.90 Å². The number of carbonyl (C=O) groups is 1. The second-order valence-corrected chi connectivity index (χ2v) is 6.10. The molecule has 0 aromatic heterocycles. The molecular formula is C19H18N2O. The standard InChI is InChI=1S/C19H18N2O/c22-18-12-19(10-11-20-14-19)16-8-4-5-9-17(16)21(18)13-15-6-2-1-3-7-15/h1-9,14H,10-13H2. The molecule has 3 nitrogen and oxygen atoms in total. The Bertz CT molecular complexity index is 738. The molecule has 1 amide bonds. The normalized spacial score (nSPS) is 23.1. The predicted molar refractivity (Wildman–Crippen MR) is 88.3 cm³/mol. The first-order valence-corrected chi connectivity index (χ1v) is 7.73. The first kappa shape index (κ1) is 13.3. The predicted octanol–water partition coefficient (Wildman–Crippen LogP) is 3.34. The highest BCUT2D eigenvalue weighted by atomic mass is 16.2. The Labute approximate surface area is 130 Å². The molecule has 1 spiro atoms. The number of fused-ring (bicyclic) bond motifs is 2. The van der Waals surface area contributed by atoms with E-state index in [1.54, 1.807) is 0 Å². The molecule has 0 radical (unpaired) electrons. The first-order chi connectivity index (χ1) is 10.8. The number of nitrogens with zero attached hydrogens (tertiary/aromatic N) is 2. The van der Waals surface area contributed by atoms with Gasteiger partial charge >= 0.3 is 0 Å². The van der Waals surface area contributed by atoms with Gasteiger partial charge in [0, 0.05) is 30.3 Å². The van der Waals surface area contributed by atoms with E-state index in [1.165, 1.54) is 5.56 Å². The third-order valence-corrected chi connectivity index (χ3v) is 4.71. The van der Waals surface area contributed by atoms with Crippen LogP contribution in [0.15, 0.2) is 59.6 Å². The summed E-state index contributed by atoms with van der Waals surface area (Å²) in [6.07, 6.45) is 3.47. The molecule has 0 saturated heterocycles. The fourth-order valence-electron chi connectivity index (χ4n) is 3.57. The summed E-state index contributed by atoms with van der Waals surface area (Å²) in [4.78, 5) is 19.1. The molecule has 0 bridgehead atoms. The molecule has 22 heavy (non-hydrogen) atoms. The van der Waals surface area contributed by atoms with Gasteiger partial charge in [-0.1, -0.05) is 48.5 Å². The third-order valence-electron chi connectivity index (χ3n) is 4.71. The van der Waals surface area contributed by atoms with Crippen molar-refractivity contribution in [3.63, 3.8) is 0 Å². The Morgan fingerprint density at radius 1 is 1.05 bits per heavy atom. The molecule has 2 aliphatic rings. The molecule has 0 aliphatic carbocycles. The van der Waals surface area contributed by atoms with E-state index in [2.05, 4.69) is 35.3 Å². The molecule has 3 heteroatoms. The molecule has 1 unspecified atom stereocenters. The second-order valence-electron chi connectivity index (χ2n) is 6.10. The van der Waals surface area contributed by atoms with Crippen molar-refractivity contribution < 1.29 is 4.79 Å². The summed E-state index contributed by atoms with van der Waals surface area (Å²) in [7, 11) is 0. The first-order valence-electron chi connectivity index (χ1n) is 7.73. The van der Waals surface area contributed by atoms with Crippen molar-refractivity contribution in [3.05, 3.63) is 65.7 Å². The summed E-state index contributed by atoms with van der Waals surface area (Å²) in [5.41, 5.74) is 3.25. The van der Waals surface area contributed by atoms with Gasteiger partial charge in [-0.2, -0.15) is 0 Å². The fourth-order valence-corrected chi connectivity index (χ4v) is 3.57. The average molecular weight is 290 g/mol. The molecule has 4 rings (SSSR count). The van der Waals surface area contributed by atoms with Crippen LogP contribution >= 0.6 is 0 Å². The van der Waals surface area contributed by atoms with Crippen LogP contribution in [0, 0.1) is 0 Å². The number of benzene rings is 2. The average Bonchev–Trinajstić information content (AvgIpc) is 3.02. The lowest BCUT2D eigenvalue weighted by Crippen LogP contribution is -2.44. The third kappa shape index (κ3) is 2.05. The maximum atomic E-state index is 12.8. The summed E-state index contributed by atoms with van der Waals surface area (Å²) < 4.78 is 0. The van der Waals surface area contributed by atoms with Gasteiger partial charge in [0.05, 0.1) is 6.54 Å². The van der Waals surface area contributed by atoms with E-state index in [9.17, 15) is 4.79 Å². The zero-order valence-corrected chi connectivity index (χ0v) is 12.4. The Morgan fingerprint density at radius 2 is 1.82 bits per heavy atom. The number of carbonyl (C=O) groups excluding carboxylic acids is 1. The maximum absolute atomic E-state index is 12.8. The van der Waals surface area contributed by atoms with Crippen molar-refractivity contribution in [1.29, 1.82) is 0 Å². The van der Waals surface area contributed by atoms with Gasteiger partial charge in [0.25, 0.3) is 0 Å². The SMILES string of the molecule is O=C1CC2(C=NCC2)c2ccccc2N1Cc1ccccc1. The fraction of sp³-hybridized carbons (Fsp3) is 0.263. The van der Waals surface area contributed by atoms with Crippen LogP contribution in [0.25, 0.3) is 0 Å². The van der Waals surface area contributed by atoms with Crippen molar-refractivity contribution in [2.75, 3.05) is 11.4 Å². The number of para-hydroxylation sites is 1. The van der Waals surface area contributed by atoms with Crippen LogP contribution in [0.1, 0.15) is 24.0 Å². The summed E-state index contributed by atoms with van der Waals surface area (Å²) in [5.74, 6) is 0.191. The molecule has 0 N–H and O–H groups in total. The van der Waals surface area contributed by atoms with E-state index in [4.69, 9.17) is 0 Å². The zero-order chi connectivity index (χ0) is 15.0. The van der Waals surface area contributed by atoms with Crippen LogP contribution < -0.4 is 4.90 Å². The van der Waals surface area contributed by atoms with E-state index >= 15 is 0 Å². The van der Waals surface area contributed by atoms with Crippen LogP contribution in [0.4, 0.5) is 5.69 Å². The molecular weight excluding hydrogens is 272 g/mol.